The molecule has 108 valence electrons. The third-order valence-electron chi connectivity index (χ3n) is 2.85. The molecule has 1 aliphatic rings. The Morgan fingerprint density at radius 2 is 2.10 bits per heavy atom. The quantitative estimate of drug-likeness (QED) is 0.861. The molecule has 0 aromatic heterocycles. The lowest BCUT2D eigenvalue weighted by atomic mass is 10.2. The van der Waals surface area contributed by atoms with Gasteiger partial charge in [-0.1, -0.05) is 24.3 Å². The van der Waals surface area contributed by atoms with E-state index in [1.54, 1.807) is 0 Å². The third kappa shape index (κ3) is 3.12. The minimum atomic E-state index is -3.52. The van der Waals surface area contributed by atoms with Gasteiger partial charge in [0.05, 0.1) is 10.7 Å². The van der Waals surface area contributed by atoms with Crippen LogP contribution in [0.4, 0.5) is 8.78 Å². The maximum Gasteiger partial charge on any atom is 0.179 e. The summed E-state index contributed by atoms with van der Waals surface area (Å²) < 4.78 is 49.8. The summed E-state index contributed by atoms with van der Waals surface area (Å²) >= 11 is 0. The highest BCUT2D eigenvalue weighted by Crippen LogP contribution is 2.17. The van der Waals surface area contributed by atoms with E-state index < -0.39 is 27.7 Å². The van der Waals surface area contributed by atoms with Crippen molar-refractivity contribution in [1.29, 1.82) is 0 Å². The van der Waals surface area contributed by atoms with Gasteiger partial charge >= 0.3 is 0 Å². The fourth-order valence-electron chi connectivity index (χ4n) is 1.81. The summed E-state index contributed by atoms with van der Waals surface area (Å²) in [5.41, 5.74) is -0.00231. The molecule has 1 fully saturated rings. The van der Waals surface area contributed by atoms with Gasteiger partial charge < -0.3 is 5.11 Å². The number of benzene rings is 1. The minimum absolute atomic E-state index is 0.00231. The Morgan fingerprint density at radius 3 is 2.80 bits per heavy atom. The summed E-state index contributed by atoms with van der Waals surface area (Å²) in [5, 5.41) is 12.2. The van der Waals surface area contributed by atoms with Crippen LogP contribution < -0.4 is 5.32 Å². The average molecular weight is 301 g/mol. The molecule has 1 aliphatic heterocycles. The number of rotatable bonds is 2. The molecule has 2 rings (SSSR count). The van der Waals surface area contributed by atoms with Gasteiger partial charge in [-0.05, 0) is 12.1 Å². The average Bonchev–Trinajstić information content (AvgIpc) is 2.37. The molecular weight excluding hydrogens is 288 g/mol. The molecule has 2 N–H and O–H groups in total. The highest BCUT2D eigenvalue weighted by atomic mass is 32.2. The van der Waals surface area contributed by atoms with E-state index >= 15 is 0 Å². The molecule has 0 aliphatic carbocycles. The van der Waals surface area contributed by atoms with Crippen LogP contribution in [-0.4, -0.2) is 32.0 Å². The van der Waals surface area contributed by atoms with Gasteiger partial charge in [0.2, 0.25) is 0 Å². The van der Waals surface area contributed by atoms with Crippen LogP contribution in [0.3, 0.4) is 0 Å². The summed E-state index contributed by atoms with van der Waals surface area (Å²) in [6.45, 7) is 0.170. The Morgan fingerprint density at radius 1 is 1.35 bits per heavy atom. The van der Waals surface area contributed by atoms with E-state index in [4.69, 9.17) is 0 Å². The molecule has 0 saturated carbocycles. The second-order valence-electron chi connectivity index (χ2n) is 4.25. The fraction of sp³-hybridized carbons (Fsp3) is 0.231. The number of hydrogen-bond donors (Lipinski definition) is 2. The number of allylic oxidation sites excluding steroid dienone is 2. The lowest BCUT2D eigenvalue weighted by Crippen LogP contribution is -2.43. The van der Waals surface area contributed by atoms with Gasteiger partial charge in [-0.2, -0.15) is 0 Å². The van der Waals surface area contributed by atoms with E-state index in [-0.39, 0.29) is 22.8 Å². The molecule has 1 aromatic carbocycles. The summed E-state index contributed by atoms with van der Waals surface area (Å²) in [4.78, 5) is -0.184. The van der Waals surface area contributed by atoms with Gasteiger partial charge in [-0.3, -0.25) is 5.32 Å². The van der Waals surface area contributed by atoms with E-state index in [1.165, 1.54) is 30.4 Å². The van der Waals surface area contributed by atoms with Gasteiger partial charge in [-0.15, -0.1) is 0 Å². The lowest BCUT2D eigenvalue weighted by molar-refractivity contribution is 0.179. The Balaban J connectivity index is 2.27. The van der Waals surface area contributed by atoms with Crippen LogP contribution in [-0.2, 0) is 9.84 Å². The molecule has 1 aromatic rings. The largest absolute Gasteiger partial charge is 0.374 e. The molecule has 0 bridgehead atoms. The first-order chi connectivity index (χ1) is 9.42. The van der Waals surface area contributed by atoms with Crippen molar-refractivity contribution in [2.75, 3.05) is 12.3 Å². The lowest BCUT2D eigenvalue weighted by Gasteiger charge is -2.21. The highest BCUT2D eigenvalue weighted by molar-refractivity contribution is 7.95. The second-order valence-corrected chi connectivity index (χ2v) is 6.36. The maximum absolute atomic E-state index is 13.4. The molecule has 20 heavy (non-hydrogen) atoms. The number of sulfone groups is 1. The van der Waals surface area contributed by atoms with E-state index in [2.05, 4.69) is 5.32 Å². The Hall–Kier alpha value is -1.57. The number of nitrogens with one attached hydrogen (secondary N) is 1. The number of halogens is 2. The van der Waals surface area contributed by atoms with Crippen molar-refractivity contribution in [3.05, 3.63) is 52.5 Å². The first-order valence-electron chi connectivity index (χ1n) is 5.88. The van der Waals surface area contributed by atoms with E-state index in [9.17, 15) is 22.3 Å². The van der Waals surface area contributed by atoms with Crippen molar-refractivity contribution >= 4 is 15.9 Å². The van der Waals surface area contributed by atoms with E-state index in [0.717, 1.165) is 6.07 Å². The van der Waals surface area contributed by atoms with Crippen LogP contribution in [0.1, 0.15) is 5.56 Å². The molecule has 0 radical (unpaired) electrons. The van der Waals surface area contributed by atoms with Crippen molar-refractivity contribution in [3.8, 4) is 0 Å². The standard InChI is InChI=1S/C13H13F2NO3S/c14-10-5-1-3-9(12(10)15)4-2-6-11-13(17)16-7-8-20(11,18)19/h1-6,13,16-17H,7-8H2/b4-2+,11-6+. The predicted octanol–water partition coefficient (Wildman–Crippen LogP) is 1.20. The molecule has 7 heteroatoms. The zero-order chi connectivity index (χ0) is 14.8. The second kappa shape index (κ2) is 5.82. The molecule has 1 saturated heterocycles. The molecule has 0 spiro atoms. The first kappa shape index (κ1) is 14.8. The predicted molar refractivity (Wildman–Crippen MR) is 71.3 cm³/mol. The molecule has 1 atom stereocenters. The summed E-state index contributed by atoms with van der Waals surface area (Å²) in [7, 11) is -3.52. The molecule has 4 nitrogen and oxygen atoms in total. The smallest absolute Gasteiger partial charge is 0.179 e. The molecular formula is C13H13F2NO3S. The van der Waals surface area contributed by atoms with Gasteiger partial charge in [0.25, 0.3) is 0 Å². The normalized spacial score (nSPS) is 24.4. The maximum atomic E-state index is 13.4. The highest BCUT2D eigenvalue weighted by Gasteiger charge is 2.28. The minimum Gasteiger partial charge on any atom is -0.374 e. The Labute approximate surface area is 115 Å². The van der Waals surface area contributed by atoms with Crippen molar-refractivity contribution in [3.63, 3.8) is 0 Å². The van der Waals surface area contributed by atoms with Crippen molar-refractivity contribution in [1.82, 2.24) is 5.32 Å². The van der Waals surface area contributed by atoms with Crippen LogP contribution in [0.25, 0.3) is 6.08 Å². The number of hydrogen-bond acceptors (Lipinski definition) is 4. The summed E-state index contributed by atoms with van der Waals surface area (Å²) in [6, 6.07) is 3.70. The molecule has 1 heterocycles. The van der Waals surface area contributed by atoms with Crippen LogP contribution in [0.2, 0.25) is 0 Å². The van der Waals surface area contributed by atoms with Gasteiger partial charge in [0.1, 0.15) is 6.23 Å². The van der Waals surface area contributed by atoms with Crippen LogP contribution >= 0.6 is 0 Å². The monoisotopic (exact) mass is 301 g/mol. The number of aliphatic hydroxyl groups excluding tert-OH is 1. The Kier molecular flexibility index (Phi) is 4.32. The summed E-state index contributed by atoms with van der Waals surface area (Å²) in [5.74, 6) is -2.10. The van der Waals surface area contributed by atoms with E-state index in [1.807, 2.05) is 0 Å². The molecule has 0 amide bonds. The first-order valence-corrected chi connectivity index (χ1v) is 7.53. The summed E-state index contributed by atoms with van der Waals surface area (Å²) in [6.07, 6.45) is 2.40. The zero-order valence-electron chi connectivity index (χ0n) is 10.4. The van der Waals surface area contributed by atoms with Gasteiger partial charge in [0.15, 0.2) is 21.5 Å². The van der Waals surface area contributed by atoms with Crippen LogP contribution in [0, 0.1) is 11.6 Å². The zero-order valence-corrected chi connectivity index (χ0v) is 11.2. The topological polar surface area (TPSA) is 66.4 Å². The van der Waals surface area contributed by atoms with Crippen molar-refractivity contribution in [2.24, 2.45) is 0 Å². The molecule has 1 unspecified atom stereocenters. The van der Waals surface area contributed by atoms with Crippen LogP contribution in [0.5, 0.6) is 0 Å². The van der Waals surface area contributed by atoms with Crippen molar-refractivity contribution in [2.45, 2.75) is 6.23 Å². The number of aliphatic hydroxyl groups is 1. The van der Waals surface area contributed by atoms with Gasteiger partial charge in [0, 0.05) is 12.1 Å². The van der Waals surface area contributed by atoms with Crippen molar-refractivity contribution < 1.29 is 22.3 Å². The fourth-order valence-corrected chi connectivity index (χ4v) is 3.14. The third-order valence-corrected chi connectivity index (χ3v) is 4.67. The SMILES string of the molecule is O=S1(=O)CCNC(O)/C1=C\C=C\c1cccc(F)c1F. The Bertz CT molecular complexity index is 668. The van der Waals surface area contributed by atoms with Crippen LogP contribution in [0.15, 0.2) is 35.3 Å². The van der Waals surface area contributed by atoms with E-state index in [0.29, 0.717) is 0 Å². The van der Waals surface area contributed by atoms with Gasteiger partial charge in [-0.25, -0.2) is 17.2 Å².